The zero-order valence-corrected chi connectivity index (χ0v) is 6.57. The second-order valence-corrected chi connectivity index (χ2v) is 2.26. The molecule has 0 aliphatic heterocycles. The summed E-state index contributed by atoms with van der Waals surface area (Å²) in [6.45, 7) is 7.87. The summed E-state index contributed by atoms with van der Waals surface area (Å²) in [6.07, 6.45) is 0. The first-order chi connectivity index (χ1) is 4.18. The van der Waals surface area contributed by atoms with Crippen molar-refractivity contribution in [3.05, 3.63) is 12.3 Å². The Hall–Kier alpha value is -0.500. The van der Waals surface area contributed by atoms with Crippen LogP contribution in [0.4, 0.5) is 0 Å². The van der Waals surface area contributed by atoms with Gasteiger partial charge in [-0.3, -0.25) is 0 Å². The van der Waals surface area contributed by atoms with E-state index in [-0.39, 0.29) is 0 Å². The van der Waals surface area contributed by atoms with Crippen LogP contribution in [0.1, 0.15) is 6.92 Å². The van der Waals surface area contributed by atoms with Crippen molar-refractivity contribution in [2.45, 2.75) is 6.92 Å². The highest BCUT2D eigenvalue weighted by atomic mass is 15.1. The maximum Gasteiger partial charge on any atom is 0.0296 e. The average Bonchev–Trinajstić information content (AvgIpc) is 1.82. The Morgan fingerprint density at radius 2 is 2.22 bits per heavy atom. The van der Waals surface area contributed by atoms with E-state index in [2.05, 4.69) is 16.8 Å². The van der Waals surface area contributed by atoms with Crippen LogP contribution in [0.15, 0.2) is 12.3 Å². The third-order valence-electron chi connectivity index (χ3n) is 1.35. The molecule has 0 aromatic heterocycles. The van der Waals surface area contributed by atoms with Crippen LogP contribution in [0.2, 0.25) is 0 Å². The molecule has 0 unspecified atom stereocenters. The molecule has 54 valence electrons. The Kier molecular flexibility index (Phi) is 4.14. The lowest BCUT2D eigenvalue weighted by Gasteiger charge is -2.17. The molecule has 0 rings (SSSR count). The van der Waals surface area contributed by atoms with Crippen LogP contribution in [-0.4, -0.2) is 32.1 Å². The minimum Gasteiger partial charge on any atom is -0.377 e. The van der Waals surface area contributed by atoms with Crippen LogP contribution in [-0.2, 0) is 0 Å². The van der Waals surface area contributed by atoms with Gasteiger partial charge in [0.2, 0.25) is 0 Å². The van der Waals surface area contributed by atoms with Crippen LogP contribution < -0.4 is 5.32 Å². The maximum absolute atomic E-state index is 3.81. The van der Waals surface area contributed by atoms with Gasteiger partial charge < -0.3 is 10.2 Å². The molecule has 0 radical (unpaired) electrons. The molecular formula is C7H16N2. The van der Waals surface area contributed by atoms with Crippen LogP contribution in [0.25, 0.3) is 0 Å². The first kappa shape index (κ1) is 8.50. The van der Waals surface area contributed by atoms with E-state index in [1.54, 1.807) is 0 Å². The molecule has 0 aromatic rings. The van der Waals surface area contributed by atoms with Gasteiger partial charge in [-0.25, -0.2) is 0 Å². The van der Waals surface area contributed by atoms with Crippen molar-refractivity contribution in [1.82, 2.24) is 10.2 Å². The van der Waals surface area contributed by atoms with Crippen LogP contribution >= 0.6 is 0 Å². The van der Waals surface area contributed by atoms with Gasteiger partial charge in [-0.1, -0.05) is 6.58 Å². The monoisotopic (exact) mass is 128 g/mol. The second kappa shape index (κ2) is 4.39. The highest BCUT2D eigenvalue weighted by Gasteiger charge is 1.92. The number of nitrogens with one attached hydrogen (secondary N) is 1. The van der Waals surface area contributed by atoms with Gasteiger partial charge in [0.25, 0.3) is 0 Å². The highest BCUT2D eigenvalue weighted by Crippen LogP contribution is 1.92. The third-order valence-corrected chi connectivity index (χ3v) is 1.35. The highest BCUT2D eigenvalue weighted by molar-refractivity contribution is 4.85. The van der Waals surface area contributed by atoms with E-state index in [0.29, 0.717) is 0 Å². The van der Waals surface area contributed by atoms with E-state index in [4.69, 9.17) is 0 Å². The normalized spacial score (nSPS) is 9.22. The number of nitrogens with zero attached hydrogens (tertiary/aromatic N) is 1. The Balaban J connectivity index is 3.27. The van der Waals surface area contributed by atoms with Gasteiger partial charge in [-0.05, 0) is 14.0 Å². The molecule has 0 bridgehead atoms. The molecule has 0 aliphatic carbocycles. The van der Waals surface area contributed by atoms with Crippen molar-refractivity contribution < 1.29 is 0 Å². The van der Waals surface area contributed by atoms with Crippen LogP contribution in [0.3, 0.4) is 0 Å². The number of hydrogen-bond acceptors (Lipinski definition) is 2. The molecule has 1 N–H and O–H groups in total. The zero-order valence-electron chi connectivity index (χ0n) is 6.57. The number of allylic oxidation sites excluding steroid dienone is 1. The van der Waals surface area contributed by atoms with E-state index in [9.17, 15) is 0 Å². The molecule has 0 saturated carbocycles. The van der Waals surface area contributed by atoms with Crippen molar-refractivity contribution >= 4 is 0 Å². The molecule has 0 amide bonds. The molecule has 0 aliphatic rings. The van der Waals surface area contributed by atoms with E-state index >= 15 is 0 Å². The molecule has 0 fully saturated rings. The molecule has 2 heteroatoms. The summed E-state index contributed by atoms with van der Waals surface area (Å²) < 4.78 is 0. The van der Waals surface area contributed by atoms with Gasteiger partial charge in [0, 0.05) is 25.8 Å². The van der Waals surface area contributed by atoms with E-state index < -0.39 is 0 Å². The molecule has 0 saturated heterocycles. The van der Waals surface area contributed by atoms with Crippen LogP contribution in [0.5, 0.6) is 0 Å². The minimum absolute atomic E-state index is 1.02. The number of rotatable bonds is 4. The first-order valence-corrected chi connectivity index (χ1v) is 3.19. The number of hydrogen-bond donors (Lipinski definition) is 1. The fraction of sp³-hybridized carbons (Fsp3) is 0.714. The standard InChI is InChI=1S/C7H16N2/c1-7(2)9(4)6-5-8-3/h8H,1,5-6H2,2-4H3. The lowest BCUT2D eigenvalue weighted by molar-refractivity contribution is 0.418. The molecule has 9 heavy (non-hydrogen) atoms. The fourth-order valence-corrected chi connectivity index (χ4v) is 0.470. The Bertz CT molecular complexity index is 88.9. The van der Waals surface area contributed by atoms with E-state index in [1.165, 1.54) is 0 Å². The summed E-state index contributed by atoms with van der Waals surface area (Å²) in [7, 11) is 3.99. The average molecular weight is 128 g/mol. The zero-order chi connectivity index (χ0) is 7.28. The van der Waals surface area contributed by atoms with Crippen molar-refractivity contribution in [3.8, 4) is 0 Å². The maximum atomic E-state index is 3.81. The topological polar surface area (TPSA) is 15.3 Å². The molecule has 2 nitrogen and oxygen atoms in total. The summed E-state index contributed by atoms with van der Waals surface area (Å²) in [5, 5.41) is 3.07. The van der Waals surface area contributed by atoms with Crippen LogP contribution in [0, 0.1) is 0 Å². The summed E-state index contributed by atoms with van der Waals surface area (Å²) in [6, 6.07) is 0. The number of likely N-dealkylation sites (N-methyl/N-ethyl adjacent to an activating group) is 2. The molecule has 0 atom stereocenters. The van der Waals surface area contributed by atoms with Gasteiger partial charge in [-0.15, -0.1) is 0 Å². The molecule has 0 heterocycles. The fourth-order valence-electron chi connectivity index (χ4n) is 0.470. The molecular weight excluding hydrogens is 112 g/mol. The van der Waals surface area contributed by atoms with Gasteiger partial charge in [-0.2, -0.15) is 0 Å². The Morgan fingerprint density at radius 3 is 2.56 bits per heavy atom. The Morgan fingerprint density at radius 1 is 1.67 bits per heavy atom. The minimum atomic E-state index is 1.02. The molecule has 0 aromatic carbocycles. The SMILES string of the molecule is C=C(C)N(C)CCNC. The summed E-state index contributed by atoms with van der Waals surface area (Å²) in [4.78, 5) is 2.12. The predicted octanol–water partition coefficient (Wildman–Crippen LogP) is 0.671. The van der Waals surface area contributed by atoms with Gasteiger partial charge in [0.1, 0.15) is 0 Å². The van der Waals surface area contributed by atoms with E-state index in [1.807, 2.05) is 21.0 Å². The smallest absolute Gasteiger partial charge is 0.0296 e. The lowest BCUT2D eigenvalue weighted by atomic mass is 10.4. The summed E-state index contributed by atoms with van der Waals surface area (Å²) in [5.74, 6) is 0. The summed E-state index contributed by atoms with van der Waals surface area (Å²) >= 11 is 0. The van der Waals surface area contributed by atoms with E-state index in [0.717, 1.165) is 18.8 Å². The Labute approximate surface area is 57.5 Å². The first-order valence-electron chi connectivity index (χ1n) is 3.19. The van der Waals surface area contributed by atoms with Crippen molar-refractivity contribution in [3.63, 3.8) is 0 Å². The van der Waals surface area contributed by atoms with Gasteiger partial charge in [0.05, 0.1) is 0 Å². The van der Waals surface area contributed by atoms with Gasteiger partial charge in [0.15, 0.2) is 0 Å². The van der Waals surface area contributed by atoms with Crippen molar-refractivity contribution in [1.29, 1.82) is 0 Å². The summed E-state index contributed by atoms with van der Waals surface area (Å²) in [5.41, 5.74) is 1.12. The predicted molar refractivity (Wildman–Crippen MR) is 41.4 cm³/mol. The largest absolute Gasteiger partial charge is 0.377 e. The quantitative estimate of drug-likeness (QED) is 0.598. The second-order valence-electron chi connectivity index (χ2n) is 2.26. The molecule has 0 spiro atoms. The lowest BCUT2D eigenvalue weighted by Crippen LogP contribution is -2.25. The third kappa shape index (κ3) is 4.03. The van der Waals surface area contributed by atoms with Crippen molar-refractivity contribution in [2.24, 2.45) is 0 Å². The van der Waals surface area contributed by atoms with Crippen molar-refractivity contribution in [2.75, 3.05) is 27.2 Å². The van der Waals surface area contributed by atoms with Gasteiger partial charge >= 0.3 is 0 Å².